The predicted octanol–water partition coefficient (Wildman–Crippen LogP) is 10.4. The summed E-state index contributed by atoms with van der Waals surface area (Å²) in [7, 11) is -4.20. The van der Waals surface area contributed by atoms with Crippen molar-refractivity contribution >= 4 is 10.1 Å². The maximum atomic E-state index is 12.8. The van der Waals surface area contributed by atoms with Gasteiger partial charge in [-0.2, -0.15) is 8.42 Å². The Morgan fingerprint density at radius 1 is 0.543 bits per heavy atom. The van der Waals surface area contributed by atoms with E-state index < -0.39 is 14.9 Å². The molecule has 0 aliphatic heterocycles. The van der Waals surface area contributed by atoms with Gasteiger partial charge in [-0.05, 0) is 18.4 Å². The van der Waals surface area contributed by atoms with E-state index in [-0.39, 0.29) is 0 Å². The molecule has 1 N–H and O–H groups in total. The molecule has 0 atom stereocenters. The maximum absolute atomic E-state index is 12.8. The molecule has 0 aliphatic rings. The fourth-order valence-electron chi connectivity index (χ4n) is 5.36. The molecule has 1 rings (SSSR count). The number of benzene rings is 1. The van der Waals surface area contributed by atoms with Gasteiger partial charge in [0.25, 0.3) is 10.1 Å². The van der Waals surface area contributed by atoms with Gasteiger partial charge in [0.15, 0.2) is 0 Å². The zero-order valence-corrected chi connectivity index (χ0v) is 23.9. The third-order valence-corrected chi connectivity index (χ3v) is 9.29. The smallest absolute Gasteiger partial charge is 0.274 e. The number of rotatable bonds is 24. The van der Waals surface area contributed by atoms with Gasteiger partial charge in [0.1, 0.15) is 4.75 Å². The van der Waals surface area contributed by atoms with E-state index in [9.17, 15) is 13.0 Å². The highest BCUT2D eigenvalue weighted by Crippen LogP contribution is 2.40. The average Bonchev–Trinajstić information content (AvgIpc) is 2.84. The normalized spacial score (nSPS) is 12.3. The number of unbranched alkanes of at least 4 members (excludes halogenated alkanes) is 18. The van der Waals surface area contributed by atoms with Crippen molar-refractivity contribution in [3.8, 4) is 0 Å². The molecular formula is C31H56O3S. The summed E-state index contributed by atoms with van der Waals surface area (Å²) in [5.41, 5.74) is 0.759. The molecule has 0 amide bonds. The first-order chi connectivity index (χ1) is 17.0. The summed E-state index contributed by atoms with van der Waals surface area (Å²) in [6.07, 6.45) is 25.4. The molecule has 0 saturated heterocycles. The summed E-state index contributed by atoms with van der Waals surface area (Å²) in [6.45, 7) is 4.50. The van der Waals surface area contributed by atoms with Crippen molar-refractivity contribution in [1.29, 1.82) is 0 Å². The van der Waals surface area contributed by atoms with Crippen LogP contribution in [0.2, 0.25) is 0 Å². The van der Waals surface area contributed by atoms with E-state index in [1.54, 1.807) is 0 Å². The van der Waals surface area contributed by atoms with E-state index in [1.807, 2.05) is 30.3 Å². The molecule has 3 nitrogen and oxygen atoms in total. The molecule has 0 fully saturated rings. The van der Waals surface area contributed by atoms with Gasteiger partial charge < -0.3 is 0 Å². The van der Waals surface area contributed by atoms with Crippen LogP contribution in [0, 0.1) is 0 Å². The summed E-state index contributed by atoms with van der Waals surface area (Å²) in [5, 5.41) is 0. The molecule has 0 spiro atoms. The van der Waals surface area contributed by atoms with Crippen LogP contribution in [0.5, 0.6) is 0 Å². The second-order valence-electron chi connectivity index (χ2n) is 10.7. The Morgan fingerprint density at radius 2 is 0.857 bits per heavy atom. The van der Waals surface area contributed by atoms with Crippen molar-refractivity contribution in [2.24, 2.45) is 0 Å². The lowest BCUT2D eigenvalue weighted by atomic mass is 9.87. The second-order valence-corrected chi connectivity index (χ2v) is 12.4. The third kappa shape index (κ3) is 13.9. The van der Waals surface area contributed by atoms with Gasteiger partial charge in [-0.25, -0.2) is 0 Å². The van der Waals surface area contributed by atoms with Gasteiger partial charge in [0.05, 0.1) is 0 Å². The molecule has 0 bridgehead atoms. The van der Waals surface area contributed by atoms with E-state index in [0.717, 1.165) is 44.1 Å². The standard InChI is InChI=1S/C31H56O3S/c1-3-5-7-9-11-13-15-17-19-24-28-31(35(32,33)34,30-26-22-21-23-27-30)29-25-20-18-16-14-12-10-8-6-4-2/h21-23,26-27H,3-20,24-25,28-29H2,1-2H3,(H,32,33,34). The minimum atomic E-state index is -4.20. The third-order valence-electron chi connectivity index (χ3n) is 7.66. The Kier molecular flexibility index (Phi) is 18.6. The average molecular weight is 509 g/mol. The maximum Gasteiger partial charge on any atom is 0.274 e. The van der Waals surface area contributed by atoms with Crippen LogP contribution in [-0.2, 0) is 14.9 Å². The monoisotopic (exact) mass is 508 g/mol. The topological polar surface area (TPSA) is 54.4 Å². The molecular weight excluding hydrogens is 452 g/mol. The largest absolute Gasteiger partial charge is 0.285 e. The molecule has 35 heavy (non-hydrogen) atoms. The zero-order chi connectivity index (χ0) is 25.7. The summed E-state index contributed by atoms with van der Waals surface area (Å²) in [4.78, 5) is 0. The van der Waals surface area contributed by atoms with Gasteiger partial charge in [0.2, 0.25) is 0 Å². The van der Waals surface area contributed by atoms with Crippen molar-refractivity contribution in [3.63, 3.8) is 0 Å². The van der Waals surface area contributed by atoms with E-state index in [2.05, 4.69) is 13.8 Å². The molecule has 1 aromatic carbocycles. The van der Waals surface area contributed by atoms with Gasteiger partial charge in [0, 0.05) is 0 Å². The number of hydrogen-bond donors (Lipinski definition) is 1. The SMILES string of the molecule is CCCCCCCCCCCCC(CCCCCCCCCCCC)(c1ccccc1)S(=O)(=O)O. The van der Waals surface area contributed by atoms with Crippen molar-refractivity contribution in [2.45, 2.75) is 160 Å². The summed E-state index contributed by atoms with van der Waals surface area (Å²) in [5.74, 6) is 0. The van der Waals surface area contributed by atoms with E-state index in [1.165, 1.54) is 89.9 Å². The molecule has 0 heterocycles. The molecule has 0 radical (unpaired) electrons. The number of hydrogen-bond acceptors (Lipinski definition) is 2. The van der Waals surface area contributed by atoms with Crippen molar-refractivity contribution in [3.05, 3.63) is 35.9 Å². The van der Waals surface area contributed by atoms with Crippen LogP contribution in [0.1, 0.15) is 161 Å². The lowest BCUT2D eigenvalue weighted by Gasteiger charge is -2.31. The lowest BCUT2D eigenvalue weighted by Crippen LogP contribution is -2.35. The molecule has 0 saturated carbocycles. The fraction of sp³-hybridized carbons (Fsp3) is 0.806. The lowest BCUT2D eigenvalue weighted by molar-refractivity contribution is 0.373. The Bertz CT molecular complexity index is 675. The van der Waals surface area contributed by atoms with Crippen LogP contribution in [0.25, 0.3) is 0 Å². The first-order valence-corrected chi connectivity index (χ1v) is 16.4. The summed E-state index contributed by atoms with van der Waals surface area (Å²) >= 11 is 0. The van der Waals surface area contributed by atoms with Crippen LogP contribution in [0.4, 0.5) is 0 Å². The first-order valence-electron chi connectivity index (χ1n) is 15.0. The summed E-state index contributed by atoms with van der Waals surface area (Å²) in [6, 6.07) is 9.48. The minimum absolute atomic E-state index is 0.518. The highest BCUT2D eigenvalue weighted by Gasteiger charge is 2.43. The second kappa shape index (κ2) is 20.2. The van der Waals surface area contributed by atoms with Crippen molar-refractivity contribution < 1.29 is 13.0 Å². The predicted molar refractivity (Wildman–Crippen MR) is 153 cm³/mol. The van der Waals surface area contributed by atoms with Crippen LogP contribution in [0.3, 0.4) is 0 Å². The summed E-state index contributed by atoms with van der Waals surface area (Å²) < 4.78 is 34.9. The van der Waals surface area contributed by atoms with Crippen LogP contribution < -0.4 is 0 Å². The van der Waals surface area contributed by atoms with Gasteiger partial charge in [-0.1, -0.05) is 173 Å². The van der Waals surface area contributed by atoms with Gasteiger partial charge >= 0.3 is 0 Å². The van der Waals surface area contributed by atoms with Gasteiger partial charge in [-0.15, -0.1) is 0 Å². The quantitative estimate of drug-likeness (QED) is 0.112. The Morgan fingerprint density at radius 3 is 1.17 bits per heavy atom. The minimum Gasteiger partial charge on any atom is -0.285 e. The molecule has 4 heteroatoms. The highest BCUT2D eigenvalue weighted by molar-refractivity contribution is 7.86. The Hall–Kier alpha value is -0.870. The molecule has 0 unspecified atom stereocenters. The fourth-order valence-corrected chi connectivity index (χ4v) is 6.60. The Balaban J connectivity index is 2.51. The van der Waals surface area contributed by atoms with Crippen LogP contribution in [-0.4, -0.2) is 13.0 Å². The molecule has 0 aromatic heterocycles. The molecule has 1 aromatic rings. The van der Waals surface area contributed by atoms with E-state index in [0.29, 0.717) is 12.8 Å². The first kappa shape index (κ1) is 32.2. The molecule has 204 valence electrons. The van der Waals surface area contributed by atoms with Gasteiger partial charge in [-0.3, -0.25) is 4.55 Å². The molecule has 0 aliphatic carbocycles. The Labute approximate surface area is 218 Å². The van der Waals surface area contributed by atoms with E-state index >= 15 is 0 Å². The van der Waals surface area contributed by atoms with Crippen LogP contribution in [0.15, 0.2) is 30.3 Å². The highest BCUT2D eigenvalue weighted by atomic mass is 32.2. The van der Waals surface area contributed by atoms with Crippen molar-refractivity contribution in [1.82, 2.24) is 0 Å². The van der Waals surface area contributed by atoms with Crippen LogP contribution >= 0.6 is 0 Å². The van der Waals surface area contributed by atoms with Crippen molar-refractivity contribution in [2.75, 3.05) is 0 Å². The zero-order valence-electron chi connectivity index (χ0n) is 23.1. The van der Waals surface area contributed by atoms with E-state index in [4.69, 9.17) is 0 Å².